The van der Waals surface area contributed by atoms with Gasteiger partial charge < -0.3 is 19.9 Å². The maximum Gasteiger partial charge on any atom is 0.410 e. The van der Waals surface area contributed by atoms with Gasteiger partial charge in [0.05, 0.1) is 18.7 Å². The van der Waals surface area contributed by atoms with Crippen molar-refractivity contribution in [1.29, 1.82) is 5.26 Å². The predicted octanol–water partition coefficient (Wildman–Crippen LogP) is 3.72. The lowest BCUT2D eigenvalue weighted by molar-refractivity contribution is -0.111. The van der Waals surface area contributed by atoms with Crippen LogP contribution in [0, 0.1) is 11.3 Å². The summed E-state index contributed by atoms with van der Waals surface area (Å²) in [5.41, 5.74) is 2.32. The van der Waals surface area contributed by atoms with Gasteiger partial charge in [0, 0.05) is 24.0 Å². The Balaban J connectivity index is 1.62. The Kier molecular flexibility index (Phi) is 7.82. The van der Waals surface area contributed by atoms with Gasteiger partial charge in [-0.3, -0.25) is 4.79 Å². The molecule has 0 saturated carbocycles. The van der Waals surface area contributed by atoms with E-state index < -0.39 is 0 Å². The Morgan fingerprint density at radius 3 is 2.81 bits per heavy atom. The number of benzene rings is 1. The second-order valence-corrected chi connectivity index (χ2v) is 8.60. The highest BCUT2D eigenvalue weighted by Crippen LogP contribution is 2.36. The Morgan fingerprint density at radius 2 is 2.10 bits per heavy atom. The molecule has 1 aromatic heterocycles. The minimum absolute atomic E-state index is 0.295. The van der Waals surface area contributed by atoms with E-state index in [1.54, 1.807) is 11.0 Å². The Labute approximate surface area is 186 Å². The number of thiophene rings is 1. The molecular formula is C23H26N4O3S. The molecule has 1 aliphatic heterocycles. The van der Waals surface area contributed by atoms with Gasteiger partial charge in [-0.05, 0) is 44.1 Å². The first-order chi connectivity index (χ1) is 15.0. The third-order valence-electron chi connectivity index (χ3n) is 4.87. The lowest BCUT2D eigenvalue weighted by Gasteiger charge is -2.26. The van der Waals surface area contributed by atoms with Crippen molar-refractivity contribution in [3.05, 3.63) is 58.0 Å². The molecule has 1 N–H and O–H groups in total. The van der Waals surface area contributed by atoms with E-state index in [0.717, 1.165) is 29.0 Å². The number of carbonyl (C=O) groups excluding carboxylic acids is 2. The molecule has 0 fully saturated rings. The van der Waals surface area contributed by atoms with Crippen molar-refractivity contribution in [3.8, 4) is 6.07 Å². The standard InChI is InChI=1S/C23H26N4O3S/c1-26(2)12-6-14-30-23(29)27-13-11-18-19(15-24)22(31-20(18)16-27)25-21(28)10-9-17-7-4-3-5-8-17/h3-5,7-10H,6,11-14,16H2,1-2H3,(H,25,28)/b10-9+. The molecule has 0 bridgehead atoms. The summed E-state index contributed by atoms with van der Waals surface area (Å²) in [6, 6.07) is 11.7. The third kappa shape index (κ3) is 6.17. The molecule has 31 heavy (non-hydrogen) atoms. The maximum atomic E-state index is 12.4. The van der Waals surface area contributed by atoms with Crippen LogP contribution in [0.3, 0.4) is 0 Å². The lowest BCUT2D eigenvalue weighted by atomic mass is 10.0. The summed E-state index contributed by atoms with van der Waals surface area (Å²) in [4.78, 5) is 29.3. The number of nitrogens with zero attached hydrogens (tertiary/aromatic N) is 3. The molecule has 2 heterocycles. The van der Waals surface area contributed by atoms with Crippen LogP contribution in [0.5, 0.6) is 0 Å². The van der Waals surface area contributed by atoms with Crippen molar-refractivity contribution >= 4 is 34.4 Å². The van der Waals surface area contributed by atoms with Crippen LogP contribution in [-0.4, -0.2) is 55.6 Å². The molecule has 162 valence electrons. The van der Waals surface area contributed by atoms with Gasteiger partial charge in [-0.2, -0.15) is 5.26 Å². The number of hydrogen-bond donors (Lipinski definition) is 1. The van der Waals surface area contributed by atoms with Gasteiger partial charge in [0.15, 0.2) is 0 Å². The molecule has 0 aliphatic carbocycles. The van der Waals surface area contributed by atoms with Crippen LogP contribution in [0.2, 0.25) is 0 Å². The first kappa shape index (κ1) is 22.5. The molecule has 2 amide bonds. The van der Waals surface area contributed by atoms with E-state index in [2.05, 4.69) is 11.4 Å². The fraction of sp³-hybridized carbons (Fsp3) is 0.348. The zero-order valence-corrected chi connectivity index (χ0v) is 18.6. The molecule has 0 saturated heterocycles. The fourth-order valence-corrected chi connectivity index (χ4v) is 4.50. The highest BCUT2D eigenvalue weighted by atomic mass is 32.1. The lowest BCUT2D eigenvalue weighted by Crippen LogP contribution is -2.36. The molecule has 0 spiro atoms. The summed E-state index contributed by atoms with van der Waals surface area (Å²) >= 11 is 1.35. The second-order valence-electron chi connectivity index (χ2n) is 7.50. The van der Waals surface area contributed by atoms with E-state index in [4.69, 9.17) is 4.74 Å². The summed E-state index contributed by atoms with van der Waals surface area (Å²) in [6.07, 6.45) is 4.18. The Hall–Kier alpha value is -3.15. The Bertz CT molecular complexity index is 992. The van der Waals surface area contributed by atoms with Crippen LogP contribution in [0.15, 0.2) is 36.4 Å². The second kappa shape index (κ2) is 10.8. The smallest absolute Gasteiger partial charge is 0.410 e. The van der Waals surface area contributed by atoms with E-state index in [-0.39, 0.29) is 12.0 Å². The van der Waals surface area contributed by atoms with Crippen LogP contribution >= 0.6 is 11.3 Å². The molecule has 0 radical (unpaired) electrons. The number of fused-ring (bicyclic) bond motifs is 1. The largest absolute Gasteiger partial charge is 0.449 e. The molecule has 0 atom stereocenters. The topological polar surface area (TPSA) is 85.7 Å². The molecule has 7 nitrogen and oxygen atoms in total. The Morgan fingerprint density at radius 1 is 1.32 bits per heavy atom. The van der Waals surface area contributed by atoms with Gasteiger partial charge in [-0.25, -0.2) is 4.79 Å². The van der Waals surface area contributed by atoms with Crippen LogP contribution in [-0.2, 0) is 22.5 Å². The van der Waals surface area contributed by atoms with Crippen molar-refractivity contribution in [2.75, 3.05) is 39.1 Å². The van der Waals surface area contributed by atoms with Crippen molar-refractivity contribution in [3.63, 3.8) is 0 Å². The summed E-state index contributed by atoms with van der Waals surface area (Å²) in [5.74, 6) is -0.295. The van der Waals surface area contributed by atoms with Gasteiger partial charge in [0.1, 0.15) is 11.1 Å². The molecule has 2 aromatic rings. The summed E-state index contributed by atoms with van der Waals surface area (Å²) in [7, 11) is 3.96. The number of ether oxygens (including phenoxy) is 1. The molecule has 3 rings (SSSR count). The number of rotatable bonds is 7. The monoisotopic (exact) mass is 438 g/mol. The van der Waals surface area contributed by atoms with Crippen molar-refractivity contribution in [1.82, 2.24) is 9.80 Å². The van der Waals surface area contributed by atoms with E-state index in [0.29, 0.717) is 36.7 Å². The summed E-state index contributed by atoms with van der Waals surface area (Å²) in [6.45, 7) is 2.11. The molecule has 8 heteroatoms. The van der Waals surface area contributed by atoms with Crippen molar-refractivity contribution < 1.29 is 14.3 Å². The zero-order valence-electron chi connectivity index (χ0n) is 17.8. The fourth-order valence-electron chi connectivity index (χ4n) is 3.29. The number of anilines is 1. The SMILES string of the molecule is CN(C)CCCOC(=O)N1CCc2c(sc(NC(=O)/C=C/c3ccccc3)c2C#N)C1. The van der Waals surface area contributed by atoms with Crippen LogP contribution in [0.25, 0.3) is 6.08 Å². The minimum Gasteiger partial charge on any atom is -0.449 e. The normalized spacial score (nSPS) is 13.2. The van der Waals surface area contributed by atoms with Crippen LogP contribution < -0.4 is 5.32 Å². The van der Waals surface area contributed by atoms with Gasteiger partial charge >= 0.3 is 6.09 Å². The number of amides is 2. The van der Waals surface area contributed by atoms with Crippen LogP contribution in [0.4, 0.5) is 9.80 Å². The summed E-state index contributed by atoms with van der Waals surface area (Å²) in [5, 5.41) is 13.0. The highest BCUT2D eigenvalue weighted by Gasteiger charge is 2.28. The average molecular weight is 439 g/mol. The molecular weight excluding hydrogens is 412 g/mol. The predicted molar refractivity (Wildman–Crippen MR) is 122 cm³/mol. The van der Waals surface area contributed by atoms with Crippen LogP contribution in [0.1, 0.15) is 28.0 Å². The molecule has 1 aromatic carbocycles. The minimum atomic E-state index is -0.340. The number of nitriles is 1. The van der Waals surface area contributed by atoms with Gasteiger partial charge in [0.25, 0.3) is 0 Å². The first-order valence-corrected chi connectivity index (χ1v) is 10.9. The van der Waals surface area contributed by atoms with E-state index in [9.17, 15) is 14.9 Å². The molecule has 0 unspecified atom stereocenters. The van der Waals surface area contributed by atoms with E-state index in [1.807, 2.05) is 49.3 Å². The molecule has 1 aliphatic rings. The average Bonchev–Trinajstić information content (AvgIpc) is 3.11. The number of hydrogen-bond acceptors (Lipinski definition) is 6. The highest BCUT2D eigenvalue weighted by molar-refractivity contribution is 7.16. The van der Waals surface area contributed by atoms with E-state index >= 15 is 0 Å². The van der Waals surface area contributed by atoms with Gasteiger partial charge in [-0.15, -0.1) is 11.3 Å². The summed E-state index contributed by atoms with van der Waals surface area (Å²) < 4.78 is 5.37. The van der Waals surface area contributed by atoms with Crippen molar-refractivity contribution in [2.45, 2.75) is 19.4 Å². The van der Waals surface area contributed by atoms with E-state index in [1.165, 1.54) is 17.4 Å². The zero-order chi connectivity index (χ0) is 22.2. The maximum absolute atomic E-state index is 12.4. The van der Waals surface area contributed by atoms with Gasteiger partial charge in [0.2, 0.25) is 5.91 Å². The van der Waals surface area contributed by atoms with Gasteiger partial charge in [-0.1, -0.05) is 30.3 Å². The number of nitrogens with one attached hydrogen (secondary N) is 1. The third-order valence-corrected chi connectivity index (χ3v) is 6.00. The quantitative estimate of drug-likeness (QED) is 0.526. The first-order valence-electron chi connectivity index (χ1n) is 10.1. The number of carbonyl (C=O) groups is 2. The van der Waals surface area contributed by atoms with Crippen molar-refractivity contribution in [2.24, 2.45) is 0 Å².